The van der Waals surface area contributed by atoms with E-state index in [2.05, 4.69) is 13.0 Å². The molecule has 0 spiro atoms. The average Bonchev–Trinajstić information content (AvgIpc) is 3.10. The van der Waals surface area contributed by atoms with Crippen LogP contribution in [0, 0.1) is 11.3 Å². The minimum Gasteiger partial charge on any atom is -0.489 e. The molecule has 0 atom stereocenters. The lowest BCUT2D eigenvalue weighted by Crippen LogP contribution is -2.30. The lowest BCUT2D eigenvalue weighted by molar-refractivity contribution is -0.0111. The molecule has 1 aromatic heterocycles. The predicted octanol–water partition coefficient (Wildman–Crippen LogP) is 5.57. The quantitative estimate of drug-likeness (QED) is 0.464. The molecule has 0 radical (unpaired) electrons. The molecule has 1 fully saturated rings. The average molecular weight is 416 g/mol. The van der Waals surface area contributed by atoms with Crippen LogP contribution >= 0.6 is 0 Å². The molecule has 4 rings (SSSR count). The summed E-state index contributed by atoms with van der Waals surface area (Å²) in [6.07, 6.45) is 6.51. The summed E-state index contributed by atoms with van der Waals surface area (Å²) in [6.45, 7) is 3.52. The number of hydrogen-bond acceptors (Lipinski definition) is 4. The molecule has 0 amide bonds. The summed E-state index contributed by atoms with van der Waals surface area (Å²) >= 11 is 0. The number of anilines is 1. The Hall–Kier alpha value is -3.23. The van der Waals surface area contributed by atoms with Gasteiger partial charge in [-0.3, -0.25) is 0 Å². The minimum atomic E-state index is 0.311. The Balaban J connectivity index is 1.43. The first-order chi connectivity index (χ1) is 15.2. The summed E-state index contributed by atoms with van der Waals surface area (Å²) in [7, 11) is 0. The maximum Gasteiger partial charge on any atom is 0.148 e. The molecule has 1 saturated carbocycles. The highest BCUT2D eigenvalue weighted by Gasteiger charge is 2.34. The van der Waals surface area contributed by atoms with Gasteiger partial charge in [0.2, 0.25) is 0 Å². The summed E-state index contributed by atoms with van der Waals surface area (Å²) in [5.74, 6) is 1.14. The zero-order chi connectivity index (χ0) is 21.6. The lowest BCUT2D eigenvalue weighted by atomic mass is 9.78. The molecule has 2 N–H and O–H groups in total. The SMILES string of the molecule is CCCCOC1CC(c2cn(-c3ccc(OCc4ccccc4)cc3)c(C#N)c2N)C1. The van der Waals surface area contributed by atoms with Crippen LogP contribution in [0.3, 0.4) is 0 Å². The monoisotopic (exact) mass is 415 g/mol. The van der Waals surface area contributed by atoms with Crippen LogP contribution in [-0.2, 0) is 11.3 Å². The summed E-state index contributed by atoms with van der Waals surface area (Å²) in [5.41, 5.74) is 10.5. The molecule has 0 unspecified atom stereocenters. The third-order valence-corrected chi connectivity index (χ3v) is 5.93. The van der Waals surface area contributed by atoms with E-state index in [0.717, 1.165) is 54.9 Å². The van der Waals surface area contributed by atoms with Crippen molar-refractivity contribution in [1.82, 2.24) is 4.57 Å². The summed E-state index contributed by atoms with van der Waals surface area (Å²) < 4.78 is 13.7. The van der Waals surface area contributed by atoms with Crippen molar-refractivity contribution in [2.75, 3.05) is 12.3 Å². The van der Waals surface area contributed by atoms with Crippen LogP contribution in [0.25, 0.3) is 5.69 Å². The minimum absolute atomic E-state index is 0.311. The van der Waals surface area contributed by atoms with Crippen LogP contribution < -0.4 is 10.5 Å². The maximum atomic E-state index is 9.71. The number of nitrogens with two attached hydrogens (primary N) is 1. The van der Waals surface area contributed by atoms with E-state index in [1.54, 1.807) is 0 Å². The fourth-order valence-electron chi connectivity index (χ4n) is 3.98. The van der Waals surface area contributed by atoms with Crippen molar-refractivity contribution in [3.8, 4) is 17.5 Å². The van der Waals surface area contributed by atoms with Crippen LogP contribution in [0.2, 0.25) is 0 Å². The van der Waals surface area contributed by atoms with Crippen LogP contribution in [0.15, 0.2) is 60.8 Å². The van der Waals surface area contributed by atoms with Crippen molar-refractivity contribution in [3.63, 3.8) is 0 Å². The highest BCUT2D eigenvalue weighted by atomic mass is 16.5. The molecule has 1 aliphatic rings. The Morgan fingerprint density at radius 3 is 2.52 bits per heavy atom. The number of unbranched alkanes of at least 4 members (excludes halogenated alkanes) is 1. The molecule has 5 heteroatoms. The third kappa shape index (κ3) is 4.76. The smallest absolute Gasteiger partial charge is 0.148 e. The van der Waals surface area contributed by atoms with Gasteiger partial charge in [-0.2, -0.15) is 5.26 Å². The summed E-state index contributed by atoms with van der Waals surface area (Å²) in [6, 6.07) is 20.1. The van der Waals surface area contributed by atoms with Crippen LogP contribution in [0.1, 0.15) is 55.3 Å². The zero-order valence-electron chi connectivity index (χ0n) is 18.0. The normalized spacial score (nSPS) is 17.7. The van der Waals surface area contributed by atoms with Gasteiger partial charge in [-0.1, -0.05) is 43.7 Å². The molecule has 0 aliphatic heterocycles. The highest BCUT2D eigenvalue weighted by molar-refractivity contribution is 5.62. The van der Waals surface area contributed by atoms with Gasteiger partial charge in [0.25, 0.3) is 0 Å². The molecule has 0 bridgehead atoms. The van der Waals surface area contributed by atoms with Gasteiger partial charge in [-0.25, -0.2) is 0 Å². The van der Waals surface area contributed by atoms with E-state index in [9.17, 15) is 5.26 Å². The standard InChI is InChI=1S/C26H29N3O2/c1-2-3-13-30-23-14-20(15-23)24-17-29(25(16-27)26(24)28)21-9-11-22(12-10-21)31-18-19-7-5-4-6-8-19/h4-12,17,20,23H,2-3,13-15,18,28H2,1H3. The molecular formula is C26H29N3O2. The molecule has 1 aliphatic carbocycles. The number of rotatable bonds is 9. The first-order valence-corrected chi connectivity index (χ1v) is 11.0. The van der Waals surface area contributed by atoms with Gasteiger partial charge in [0.05, 0.1) is 11.8 Å². The van der Waals surface area contributed by atoms with Crippen molar-refractivity contribution in [2.45, 2.75) is 51.2 Å². The molecule has 3 aromatic rings. The number of aromatic nitrogens is 1. The molecule has 1 heterocycles. The van der Waals surface area contributed by atoms with Crippen molar-refractivity contribution < 1.29 is 9.47 Å². The second kappa shape index (κ2) is 9.72. The fraction of sp³-hybridized carbons (Fsp3) is 0.346. The van der Waals surface area contributed by atoms with Gasteiger partial charge in [0, 0.05) is 18.5 Å². The molecule has 31 heavy (non-hydrogen) atoms. The Labute approximate surface area is 184 Å². The van der Waals surface area contributed by atoms with E-state index in [-0.39, 0.29) is 0 Å². The van der Waals surface area contributed by atoms with E-state index in [4.69, 9.17) is 15.2 Å². The number of benzene rings is 2. The number of nitriles is 1. The Morgan fingerprint density at radius 1 is 1.10 bits per heavy atom. The van der Waals surface area contributed by atoms with Crippen molar-refractivity contribution in [2.24, 2.45) is 0 Å². The largest absolute Gasteiger partial charge is 0.489 e. The number of nitrogens with zero attached hydrogens (tertiary/aromatic N) is 2. The zero-order valence-corrected chi connectivity index (χ0v) is 18.0. The molecule has 5 nitrogen and oxygen atoms in total. The first-order valence-electron chi connectivity index (χ1n) is 11.0. The van der Waals surface area contributed by atoms with E-state index in [1.165, 1.54) is 0 Å². The lowest BCUT2D eigenvalue weighted by Gasteiger charge is -2.35. The van der Waals surface area contributed by atoms with Gasteiger partial charge >= 0.3 is 0 Å². The number of nitrogen functional groups attached to an aromatic ring is 1. The topological polar surface area (TPSA) is 73.2 Å². The molecule has 2 aromatic carbocycles. The molecule has 160 valence electrons. The van der Waals surface area contributed by atoms with Gasteiger partial charge in [0.15, 0.2) is 0 Å². The Bertz CT molecular complexity index is 1030. The van der Waals surface area contributed by atoms with Gasteiger partial charge in [-0.05, 0) is 60.6 Å². The van der Waals surface area contributed by atoms with Gasteiger partial charge in [0.1, 0.15) is 24.1 Å². The molecular weight excluding hydrogens is 386 g/mol. The van der Waals surface area contributed by atoms with Crippen LogP contribution in [0.4, 0.5) is 5.69 Å². The van der Waals surface area contributed by atoms with Crippen LogP contribution in [-0.4, -0.2) is 17.3 Å². The fourth-order valence-corrected chi connectivity index (χ4v) is 3.98. The van der Waals surface area contributed by atoms with Crippen LogP contribution in [0.5, 0.6) is 5.75 Å². The van der Waals surface area contributed by atoms with E-state index in [0.29, 0.717) is 30.0 Å². The second-order valence-corrected chi connectivity index (χ2v) is 8.11. The summed E-state index contributed by atoms with van der Waals surface area (Å²) in [5, 5.41) is 9.71. The maximum absolute atomic E-state index is 9.71. The first kappa shape index (κ1) is 21.0. The van der Waals surface area contributed by atoms with E-state index < -0.39 is 0 Å². The Kier molecular flexibility index (Phi) is 6.59. The van der Waals surface area contributed by atoms with Gasteiger partial charge in [-0.15, -0.1) is 0 Å². The Morgan fingerprint density at radius 2 is 1.84 bits per heavy atom. The number of hydrogen-bond donors (Lipinski definition) is 1. The van der Waals surface area contributed by atoms with Crippen molar-refractivity contribution in [3.05, 3.63) is 77.6 Å². The molecule has 0 saturated heterocycles. The highest BCUT2D eigenvalue weighted by Crippen LogP contribution is 2.43. The van der Waals surface area contributed by atoms with E-state index in [1.807, 2.05) is 65.4 Å². The van der Waals surface area contributed by atoms with Gasteiger partial charge < -0.3 is 19.8 Å². The summed E-state index contributed by atoms with van der Waals surface area (Å²) in [4.78, 5) is 0. The van der Waals surface area contributed by atoms with Crippen molar-refractivity contribution >= 4 is 5.69 Å². The van der Waals surface area contributed by atoms with Crippen molar-refractivity contribution in [1.29, 1.82) is 5.26 Å². The van der Waals surface area contributed by atoms with E-state index >= 15 is 0 Å². The second-order valence-electron chi connectivity index (χ2n) is 8.11. The predicted molar refractivity (Wildman–Crippen MR) is 122 cm³/mol. The number of ether oxygens (including phenoxy) is 2. The third-order valence-electron chi connectivity index (χ3n) is 5.93.